The minimum atomic E-state index is -0.327. The molecule has 0 unspecified atom stereocenters. The molecular formula is C14H12FN5S. The third kappa shape index (κ3) is 3.38. The summed E-state index contributed by atoms with van der Waals surface area (Å²) in [7, 11) is 0. The van der Waals surface area contributed by atoms with Crippen LogP contribution in [0.1, 0.15) is 5.69 Å². The Labute approximate surface area is 124 Å². The van der Waals surface area contributed by atoms with Crippen LogP contribution in [0.4, 0.5) is 10.3 Å². The van der Waals surface area contributed by atoms with Crippen LogP contribution >= 0.6 is 11.3 Å². The molecule has 0 atom stereocenters. The molecule has 0 saturated heterocycles. The Hall–Kier alpha value is -2.41. The van der Waals surface area contributed by atoms with E-state index in [1.165, 1.54) is 12.3 Å². The van der Waals surface area contributed by atoms with Crippen LogP contribution < -0.4 is 5.32 Å². The first-order valence-corrected chi connectivity index (χ1v) is 7.33. The maximum atomic E-state index is 13.7. The second-order valence-corrected chi connectivity index (χ2v) is 5.02. The Morgan fingerprint density at radius 1 is 1.24 bits per heavy atom. The highest BCUT2D eigenvalue weighted by Crippen LogP contribution is 2.19. The van der Waals surface area contributed by atoms with Crippen molar-refractivity contribution >= 4 is 17.3 Å². The van der Waals surface area contributed by atoms with E-state index in [2.05, 4.69) is 25.5 Å². The average molecular weight is 301 g/mol. The summed E-state index contributed by atoms with van der Waals surface area (Å²) in [5.41, 5.74) is 3.69. The van der Waals surface area contributed by atoms with Gasteiger partial charge in [0.2, 0.25) is 5.95 Å². The number of rotatable bonds is 5. The maximum absolute atomic E-state index is 13.7. The molecule has 0 amide bonds. The minimum Gasteiger partial charge on any atom is -0.353 e. The molecule has 7 heteroatoms. The Kier molecular flexibility index (Phi) is 4.11. The van der Waals surface area contributed by atoms with Gasteiger partial charge in [-0.15, -0.1) is 16.4 Å². The van der Waals surface area contributed by atoms with Crippen LogP contribution in [0.2, 0.25) is 0 Å². The van der Waals surface area contributed by atoms with Gasteiger partial charge >= 0.3 is 0 Å². The van der Waals surface area contributed by atoms with Crippen LogP contribution in [0, 0.1) is 5.82 Å². The first-order valence-electron chi connectivity index (χ1n) is 6.38. The number of thiazole rings is 1. The summed E-state index contributed by atoms with van der Waals surface area (Å²) in [4.78, 5) is 8.48. The zero-order valence-corrected chi connectivity index (χ0v) is 11.8. The molecule has 1 aromatic carbocycles. The summed E-state index contributed by atoms with van der Waals surface area (Å²) in [6.45, 7) is 0.645. The van der Waals surface area contributed by atoms with Gasteiger partial charge in [-0.2, -0.15) is 5.10 Å². The highest BCUT2D eigenvalue weighted by atomic mass is 32.1. The first kappa shape index (κ1) is 13.6. The Bertz CT molecular complexity index is 717. The van der Waals surface area contributed by atoms with Crippen molar-refractivity contribution in [2.75, 3.05) is 11.9 Å². The third-order valence-corrected chi connectivity index (χ3v) is 3.49. The topological polar surface area (TPSA) is 63.6 Å². The van der Waals surface area contributed by atoms with Crippen molar-refractivity contribution in [3.8, 4) is 11.3 Å². The number of halogens is 1. The lowest BCUT2D eigenvalue weighted by molar-refractivity contribution is 0.630. The Morgan fingerprint density at radius 2 is 2.14 bits per heavy atom. The fourth-order valence-electron chi connectivity index (χ4n) is 1.84. The zero-order chi connectivity index (χ0) is 14.5. The predicted octanol–water partition coefficient (Wildman–Crippen LogP) is 2.79. The fourth-order valence-corrected chi connectivity index (χ4v) is 2.43. The molecule has 0 spiro atoms. The van der Waals surface area contributed by atoms with Crippen LogP contribution in [-0.2, 0) is 6.42 Å². The molecule has 21 heavy (non-hydrogen) atoms. The van der Waals surface area contributed by atoms with Crippen molar-refractivity contribution in [2.24, 2.45) is 0 Å². The lowest BCUT2D eigenvalue weighted by Gasteiger charge is -2.05. The van der Waals surface area contributed by atoms with Crippen molar-refractivity contribution in [3.05, 3.63) is 52.9 Å². The van der Waals surface area contributed by atoms with Crippen molar-refractivity contribution in [1.82, 2.24) is 20.2 Å². The van der Waals surface area contributed by atoms with Crippen molar-refractivity contribution in [2.45, 2.75) is 6.42 Å². The van der Waals surface area contributed by atoms with Crippen molar-refractivity contribution < 1.29 is 4.39 Å². The SMILES string of the molecule is Fc1ccccc1-c1cnnc(NCCc2cscn2)n1. The molecule has 2 heterocycles. The van der Waals surface area contributed by atoms with Gasteiger partial charge in [0, 0.05) is 23.9 Å². The van der Waals surface area contributed by atoms with Gasteiger partial charge in [-0.1, -0.05) is 12.1 Å². The molecule has 0 aliphatic heterocycles. The van der Waals surface area contributed by atoms with Gasteiger partial charge in [-0.05, 0) is 12.1 Å². The fraction of sp³-hybridized carbons (Fsp3) is 0.143. The van der Waals surface area contributed by atoms with Gasteiger partial charge in [0.05, 0.1) is 23.1 Å². The largest absolute Gasteiger partial charge is 0.353 e. The average Bonchev–Trinajstić information content (AvgIpc) is 3.01. The molecule has 0 fully saturated rings. The normalized spacial score (nSPS) is 10.5. The molecule has 0 radical (unpaired) electrons. The highest BCUT2D eigenvalue weighted by Gasteiger charge is 2.07. The first-order chi connectivity index (χ1) is 10.3. The number of anilines is 1. The van der Waals surface area contributed by atoms with Crippen LogP contribution in [0.3, 0.4) is 0 Å². The molecule has 0 saturated carbocycles. The molecule has 3 rings (SSSR count). The van der Waals surface area contributed by atoms with E-state index in [1.54, 1.807) is 35.0 Å². The molecule has 3 aromatic rings. The maximum Gasteiger partial charge on any atom is 0.243 e. The van der Waals surface area contributed by atoms with Crippen LogP contribution in [0.25, 0.3) is 11.3 Å². The van der Waals surface area contributed by atoms with Gasteiger partial charge < -0.3 is 5.32 Å². The van der Waals surface area contributed by atoms with E-state index in [9.17, 15) is 4.39 Å². The van der Waals surface area contributed by atoms with E-state index in [1.807, 2.05) is 5.38 Å². The lowest BCUT2D eigenvalue weighted by Crippen LogP contribution is -2.09. The van der Waals surface area contributed by atoms with Gasteiger partial charge in [-0.25, -0.2) is 14.4 Å². The zero-order valence-electron chi connectivity index (χ0n) is 11.0. The monoisotopic (exact) mass is 301 g/mol. The van der Waals surface area contributed by atoms with Crippen LogP contribution in [0.15, 0.2) is 41.4 Å². The molecule has 1 N–H and O–H groups in total. The molecule has 5 nitrogen and oxygen atoms in total. The smallest absolute Gasteiger partial charge is 0.243 e. The number of hydrogen-bond acceptors (Lipinski definition) is 6. The summed E-state index contributed by atoms with van der Waals surface area (Å²) in [6.07, 6.45) is 2.22. The third-order valence-electron chi connectivity index (χ3n) is 2.86. The number of nitrogens with one attached hydrogen (secondary N) is 1. The number of hydrogen-bond donors (Lipinski definition) is 1. The van der Waals surface area contributed by atoms with E-state index in [-0.39, 0.29) is 5.82 Å². The molecule has 106 valence electrons. The molecule has 0 bridgehead atoms. The van der Waals surface area contributed by atoms with E-state index >= 15 is 0 Å². The number of aromatic nitrogens is 4. The van der Waals surface area contributed by atoms with E-state index in [0.717, 1.165) is 12.1 Å². The highest BCUT2D eigenvalue weighted by molar-refractivity contribution is 7.07. The lowest BCUT2D eigenvalue weighted by atomic mass is 10.1. The Balaban J connectivity index is 1.70. The Morgan fingerprint density at radius 3 is 2.95 bits per heavy atom. The number of benzene rings is 1. The second-order valence-electron chi connectivity index (χ2n) is 4.30. The summed E-state index contributed by atoms with van der Waals surface area (Å²) in [5, 5.41) is 12.8. The molecule has 0 aliphatic rings. The summed E-state index contributed by atoms with van der Waals surface area (Å²) in [6, 6.07) is 6.46. The van der Waals surface area contributed by atoms with E-state index < -0.39 is 0 Å². The quantitative estimate of drug-likeness (QED) is 0.785. The summed E-state index contributed by atoms with van der Waals surface area (Å²) < 4.78 is 13.7. The van der Waals surface area contributed by atoms with Crippen molar-refractivity contribution in [3.63, 3.8) is 0 Å². The van der Waals surface area contributed by atoms with Gasteiger partial charge in [-0.3, -0.25) is 0 Å². The van der Waals surface area contributed by atoms with Gasteiger partial charge in [0.1, 0.15) is 5.82 Å². The van der Waals surface area contributed by atoms with E-state index in [4.69, 9.17) is 0 Å². The summed E-state index contributed by atoms with van der Waals surface area (Å²) >= 11 is 1.56. The molecule has 0 aliphatic carbocycles. The molecular weight excluding hydrogens is 289 g/mol. The second kappa shape index (κ2) is 6.36. The predicted molar refractivity (Wildman–Crippen MR) is 79.5 cm³/mol. The van der Waals surface area contributed by atoms with Crippen LogP contribution in [-0.4, -0.2) is 26.7 Å². The summed E-state index contributed by atoms with van der Waals surface area (Å²) in [5.74, 6) is 0.0532. The van der Waals surface area contributed by atoms with Crippen LogP contribution in [0.5, 0.6) is 0 Å². The van der Waals surface area contributed by atoms with Gasteiger partial charge in [0.25, 0.3) is 0 Å². The van der Waals surface area contributed by atoms with Crippen molar-refractivity contribution in [1.29, 1.82) is 0 Å². The minimum absolute atomic E-state index is 0.327. The standard InChI is InChI=1S/C14H12FN5S/c15-12-4-2-1-3-11(12)13-7-18-20-14(19-13)16-6-5-10-8-21-9-17-10/h1-4,7-9H,5-6H2,(H,16,19,20). The molecule has 2 aromatic heterocycles. The number of nitrogens with zero attached hydrogens (tertiary/aromatic N) is 4. The van der Waals surface area contributed by atoms with Gasteiger partial charge in [0.15, 0.2) is 0 Å². The van der Waals surface area contributed by atoms with E-state index in [0.29, 0.717) is 23.8 Å².